The van der Waals surface area contributed by atoms with Crippen molar-refractivity contribution < 1.29 is 9.53 Å². The molecule has 0 bridgehead atoms. The Kier molecular flexibility index (Phi) is 21.0. The fourth-order valence-electron chi connectivity index (χ4n) is 2.22. The first-order chi connectivity index (χ1) is 10.2. The van der Waals surface area contributed by atoms with Gasteiger partial charge in [-0.25, -0.2) is 0 Å². The van der Waals surface area contributed by atoms with Crippen LogP contribution in [0.5, 0.6) is 0 Å². The molecule has 0 aromatic carbocycles. The van der Waals surface area contributed by atoms with Gasteiger partial charge in [0.15, 0.2) is 0 Å². The van der Waals surface area contributed by atoms with E-state index in [0.717, 1.165) is 25.9 Å². The maximum atomic E-state index is 11.5. The lowest BCUT2D eigenvalue weighted by molar-refractivity contribution is -0.144. The number of carbonyl (C=O) groups excluding carboxylic acids is 1. The molecule has 0 fully saturated rings. The van der Waals surface area contributed by atoms with Crippen molar-refractivity contribution in [2.45, 2.75) is 71.1 Å². The average Bonchev–Trinajstić information content (AvgIpc) is 2.46. The highest BCUT2D eigenvalue weighted by atomic mass is 35.5. The second kappa shape index (κ2) is 19.1. The van der Waals surface area contributed by atoms with Crippen molar-refractivity contribution in [2.75, 3.05) is 32.6 Å². The fourth-order valence-corrected chi connectivity index (χ4v) is 2.51. The number of hydrogen-bond acceptors (Lipinski definition) is 3. The zero-order valence-corrected chi connectivity index (χ0v) is 16.0. The number of ether oxygens (including phenoxy) is 1. The monoisotopic (exact) mass is 355 g/mol. The molecule has 0 aliphatic rings. The third-order valence-corrected chi connectivity index (χ3v) is 3.86. The number of nitrogens with zero attached hydrogens (tertiary/aromatic N) is 1. The summed E-state index contributed by atoms with van der Waals surface area (Å²) in [6.07, 6.45) is 12.0. The molecule has 0 aromatic rings. The summed E-state index contributed by atoms with van der Waals surface area (Å²) in [6, 6.07) is 0. The molecule has 134 valence electrons. The number of carbonyl (C=O) groups is 1. The average molecular weight is 356 g/mol. The van der Waals surface area contributed by atoms with Gasteiger partial charge in [0.25, 0.3) is 0 Å². The van der Waals surface area contributed by atoms with Gasteiger partial charge in [0.05, 0.1) is 0 Å². The number of halogens is 2. The first-order valence-electron chi connectivity index (χ1n) is 8.60. The van der Waals surface area contributed by atoms with Crippen LogP contribution in [0, 0.1) is 0 Å². The molecule has 5 heteroatoms. The number of alkyl halides is 1. The number of unbranched alkanes of at least 4 members (excludes halogenated alkanes) is 8. The van der Waals surface area contributed by atoms with Crippen molar-refractivity contribution in [2.24, 2.45) is 0 Å². The molecule has 0 spiro atoms. The molecule has 0 aromatic heterocycles. The van der Waals surface area contributed by atoms with Gasteiger partial charge in [0.1, 0.15) is 6.61 Å². The minimum absolute atomic E-state index is 0. The van der Waals surface area contributed by atoms with Gasteiger partial charge in [-0.2, -0.15) is 0 Å². The Bertz CT molecular complexity index is 241. The summed E-state index contributed by atoms with van der Waals surface area (Å²) in [5.74, 6) is 0.556. The zero-order valence-electron chi connectivity index (χ0n) is 14.4. The third-order valence-electron chi connectivity index (χ3n) is 3.69. The largest absolute Gasteiger partial charge is 0.464 e. The molecule has 0 atom stereocenters. The molecule has 0 aliphatic heterocycles. The van der Waals surface area contributed by atoms with Gasteiger partial charge in [-0.05, 0) is 13.5 Å². The van der Waals surface area contributed by atoms with Crippen LogP contribution in [-0.4, -0.2) is 43.5 Å². The summed E-state index contributed by atoms with van der Waals surface area (Å²) in [7, 11) is 1.98. The smallest absolute Gasteiger partial charge is 0.305 e. The Morgan fingerprint density at radius 2 is 1.50 bits per heavy atom. The predicted octanol–water partition coefficient (Wildman–Crippen LogP) is 5.04. The summed E-state index contributed by atoms with van der Waals surface area (Å²) in [4.78, 5) is 13.6. The lowest BCUT2D eigenvalue weighted by Gasteiger charge is -2.14. The van der Waals surface area contributed by atoms with E-state index in [9.17, 15) is 4.79 Å². The maximum absolute atomic E-state index is 11.5. The van der Waals surface area contributed by atoms with Crippen LogP contribution < -0.4 is 0 Å². The van der Waals surface area contributed by atoms with Crippen molar-refractivity contribution in [3.63, 3.8) is 0 Å². The van der Waals surface area contributed by atoms with E-state index in [1.807, 2.05) is 7.05 Å². The van der Waals surface area contributed by atoms with Crippen LogP contribution in [0.25, 0.3) is 0 Å². The lowest BCUT2D eigenvalue weighted by atomic mass is 10.1. The van der Waals surface area contributed by atoms with Crippen molar-refractivity contribution >= 4 is 30.0 Å². The second-order valence-electron chi connectivity index (χ2n) is 5.79. The Balaban J connectivity index is 0. The normalized spacial score (nSPS) is 10.5. The molecule has 0 unspecified atom stereocenters. The summed E-state index contributed by atoms with van der Waals surface area (Å²) in [6.45, 7) is 4.31. The van der Waals surface area contributed by atoms with Crippen molar-refractivity contribution in [1.82, 2.24) is 4.90 Å². The zero-order chi connectivity index (χ0) is 15.8. The van der Waals surface area contributed by atoms with Crippen LogP contribution in [0.15, 0.2) is 0 Å². The van der Waals surface area contributed by atoms with E-state index in [2.05, 4.69) is 11.8 Å². The summed E-state index contributed by atoms with van der Waals surface area (Å²) in [5, 5.41) is 0. The van der Waals surface area contributed by atoms with Gasteiger partial charge >= 0.3 is 5.97 Å². The van der Waals surface area contributed by atoms with Gasteiger partial charge in [-0.15, -0.1) is 24.0 Å². The molecule has 0 saturated carbocycles. The lowest BCUT2D eigenvalue weighted by Crippen LogP contribution is -2.26. The molecule has 0 aliphatic carbocycles. The maximum Gasteiger partial charge on any atom is 0.305 e. The minimum atomic E-state index is -0.0581. The highest BCUT2D eigenvalue weighted by molar-refractivity contribution is 6.18. The summed E-state index contributed by atoms with van der Waals surface area (Å²) in [5.41, 5.74) is 0. The van der Waals surface area contributed by atoms with Gasteiger partial charge in [-0.1, -0.05) is 58.3 Å². The Morgan fingerprint density at radius 3 is 2.05 bits per heavy atom. The molecule has 0 saturated heterocycles. The van der Waals surface area contributed by atoms with E-state index in [-0.39, 0.29) is 18.4 Å². The first-order valence-corrected chi connectivity index (χ1v) is 9.14. The van der Waals surface area contributed by atoms with E-state index < -0.39 is 0 Å². The Labute approximate surface area is 148 Å². The van der Waals surface area contributed by atoms with Crippen LogP contribution in [0.4, 0.5) is 0 Å². The van der Waals surface area contributed by atoms with Gasteiger partial charge in [-0.3, -0.25) is 4.79 Å². The number of rotatable bonds is 15. The van der Waals surface area contributed by atoms with Crippen LogP contribution in [0.3, 0.4) is 0 Å². The Morgan fingerprint density at radius 1 is 0.955 bits per heavy atom. The molecule has 0 heterocycles. The van der Waals surface area contributed by atoms with Crippen LogP contribution in [-0.2, 0) is 9.53 Å². The molecule has 0 N–H and O–H groups in total. The standard InChI is InChI=1S/C17H34ClNO2.ClH/c1-3-4-5-6-7-8-9-10-11-12-17(20)21-16-15-19(2)14-13-18;/h3-16H2,1-2H3;1H. The molecule has 0 radical (unpaired) electrons. The molecule has 0 amide bonds. The number of likely N-dealkylation sites (N-methyl/N-ethyl adjacent to an activating group) is 1. The van der Waals surface area contributed by atoms with Crippen LogP contribution in [0.1, 0.15) is 71.1 Å². The molecule has 3 nitrogen and oxygen atoms in total. The van der Waals surface area contributed by atoms with E-state index in [1.165, 1.54) is 44.9 Å². The van der Waals surface area contributed by atoms with E-state index in [1.54, 1.807) is 0 Å². The molecular weight excluding hydrogens is 321 g/mol. The Hall–Kier alpha value is 0.01000. The van der Waals surface area contributed by atoms with Gasteiger partial charge in [0, 0.05) is 25.4 Å². The highest BCUT2D eigenvalue weighted by Gasteiger charge is 2.04. The van der Waals surface area contributed by atoms with Gasteiger partial charge < -0.3 is 9.64 Å². The van der Waals surface area contributed by atoms with Crippen LogP contribution in [0.2, 0.25) is 0 Å². The SMILES string of the molecule is CCCCCCCCCCCC(=O)OCCN(C)CCCl.Cl. The highest BCUT2D eigenvalue weighted by Crippen LogP contribution is 2.10. The quantitative estimate of drug-likeness (QED) is 0.234. The van der Waals surface area contributed by atoms with Crippen molar-refractivity contribution in [3.8, 4) is 0 Å². The van der Waals surface area contributed by atoms with Gasteiger partial charge in [0.2, 0.25) is 0 Å². The van der Waals surface area contributed by atoms with E-state index in [0.29, 0.717) is 18.9 Å². The van der Waals surface area contributed by atoms with E-state index in [4.69, 9.17) is 16.3 Å². The minimum Gasteiger partial charge on any atom is -0.464 e. The molecule has 22 heavy (non-hydrogen) atoms. The second-order valence-corrected chi connectivity index (χ2v) is 6.17. The first kappa shape index (κ1) is 24.3. The van der Waals surface area contributed by atoms with E-state index >= 15 is 0 Å². The fraction of sp³-hybridized carbons (Fsp3) is 0.941. The summed E-state index contributed by atoms with van der Waals surface area (Å²) >= 11 is 5.63. The topological polar surface area (TPSA) is 29.5 Å². The molecular formula is C17H35Cl2NO2. The van der Waals surface area contributed by atoms with Crippen molar-refractivity contribution in [3.05, 3.63) is 0 Å². The van der Waals surface area contributed by atoms with Crippen molar-refractivity contribution in [1.29, 1.82) is 0 Å². The number of esters is 1. The predicted molar refractivity (Wildman–Crippen MR) is 98.3 cm³/mol. The summed E-state index contributed by atoms with van der Waals surface area (Å²) < 4.78 is 5.21. The third kappa shape index (κ3) is 18.1. The number of hydrogen-bond donors (Lipinski definition) is 0. The molecule has 0 rings (SSSR count). The van der Waals surface area contributed by atoms with Crippen LogP contribution >= 0.6 is 24.0 Å².